The van der Waals surface area contributed by atoms with Gasteiger partial charge in [0.2, 0.25) is 0 Å². The Hall–Kier alpha value is -0.0299. The Morgan fingerprint density at radius 2 is 0.718 bits per heavy atom. The van der Waals surface area contributed by atoms with E-state index < -0.39 is 0 Å². The van der Waals surface area contributed by atoms with E-state index in [1.54, 1.807) is 10.6 Å². The smallest absolute Gasteiger partial charge is 1.00 e. The van der Waals surface area contributed by atoms with Gasteiger partial charge < -0.3 is 24.8 Å². The molecule has 0 fully saturated rings. The molecule has 0 aliphatic heterocycles. The van der Waals surface area contributed by atoms with E-state index in [0.29, 0.717) is 20.6 Å². The fourth-order valence-electron chi connectivity index (χ4n) is 6.09. The van der Waals surface area contributed by atoms with Gasteiger partial charge in [-0.25, -0.2) is 0 Å². The molecule has 0 radical (unpaired) electrons. The van der Waals surface area contributed by atoms with Gasteiger partial charge >= 0.3 is 25.8 Å². The minimum Gasteiger partial charge on any atom is -1.00 e. The topological polar surface area (TPSA) is 0 Å². The van der Waals surface area contributed by atoms with Crippen LogP contribution >= 0.6 is 15.8 Å². The van der Waals surface area contributed by atoms with E-state index in [0.717, 1.165) is 0 Å². The molecule has 4 aromatic rings. The Bertz CT molecular complexity index is 1090. The summed E-state index contributed by atoms with van der Waals surface area (Å²) in [5, 5.41) is 10.0. The van der Waals surface area contributed by atoms with Crippen LogP contribution in [0.25, 0.3) is 21.5 Å². The number of hydrogen-bond acceptors (Lipinski definition) is 0. The van der Waals surface area contributed by atoms with Gasteiger partial charge in [0.1, 0.15) is 0 Å². The fourth-order valence-corrected chi connectivity index (χ4v) is 14.3. The summed E-state index contributed by atoms with van der Waals surface area (Å²) in [6, 6.07) is 27.0. The molecule has 0 heterocycles. The summed E-state index contributed by atoms with van der Waals surface area (Å²) in [5.74, 6) is 0. The van der Waals surface area contributed by atoms with Crippen molar-refractivity contribution in [3.63, 3.8) is 0 Å². The van der Waals surface area contributed by atoms with Crippen LogP contribution in [0.4, 0.5) is 0 Å². The van der Waals surface area contributed by atoms with Gasteiger partial charge in [-0.1, -0.05) is 111 Å². The number of halogens is 2. The summed E-state index contributed by atoms with van der Waals surface area (Å²) in [4.78, 5) is 0. The van der Waals surface area contributed by atoms with Gasteiger partial charge in [-0.05, 0) is 20.6 Å². The van der Waals surface area contributed by atoms with Gasteiger partial charge in [0.25, 0.3) is 0 Å². The third-order valence-electron chi connectivity index (χ3n) is 6.41. The Morgan fingerprint density at radius 1 is 0.462 bits per heavy atom. The maximum Gasteiger partial charge on any atom is 4.00 e. The zero-order chi connectivity index (χ0) is 27.1. The van der Waals surface area contributed by atoms with Crippen LogP contribution in [0.3, 0.4) is 0 Å². The molecular formula is C34H48Cl2HfP2. The summed E-state index contributed by atoms with van der Waals surface area (Å²) < 4.78 is 0. The molecular weight excluding hydrogens is 720 g/mol. The Morgan fingerprint density at radius 3 is 0.949 bits per heavy atom. The third kappa shape index (κ3) is 10.0. The van der Waals surface area contributed by atoms with Crippen LogP contribution in [0.15, 0.2) is 72.8 Å². The molecule has 4 aromatic carbocycles. The molecule has 0 aromatic heterocycles. The molecule has 39 heavy (non-hydrogen) atoms. The molecule has 0 nitrogen and oxygen atoms in total. The van der Waals surface area contributed by atoms with Crippen LogP contribution in [0, 0.1) is 0 Å². The average molecular weight is 768 g/mol. The first kappa shape index (κ1) is 39.0. The van der Waals surface area contributed by atoms with Crippen LogP contribution in [-0.2, 0) is 25.8 Å². The summed E-state index contributed by atoms with van der Waals surface area (Å²) in [7, 11) is -0.369. The predicted molar refractivity (Wildman–Crippen MR) is 171 cm³/mol. The van der Waals surface area contributed by atoms with E-state index in [9.17, 15) is 0 Å². The molecule has 0 aliphatic rings. The maximum atomic E-state index is 2.40. The molecule has 212 valence electrons. The summed E-state index contributed by atoms with van der Waals surface area (Å²) >= 11 is 0. The Kier molecular flexibility index (Phi) is 14.4. The minimum absolute atomic E-state index is 0. The summed E-state index contributed by atoms with van der Waals surface area (Å²) in [6.07, 6.45) is 0. The van der Waals surface area contributed by atoms with Crippen molar-refractivity contribution < 1.29 is 50.7 Å². The largest absolute Gasteiger partial charge is 4.00 e. The zero-order valence-electron chi connectivity index (χ0n) is 26.1. The quantitative estimate of drug-likeness (QED) is 0.160. The average Bonchev–Trinajstić information content (AvgIpc) is 3.26. The number of fused-ring (bicyclic) bond motifs is 2. The summed E-state index contributed by atoms with van der Waals surface area (Å²) in [5.41, 5.74) is 0. The molecule has 0 atom stereocenters. The monoisotopic (exact) mass is 768 g/mol. The van der Waals surface area contributed by atoms with Crippen LogP contribution < -0.4 is 35.4 Å². The first-order valence-electron chi connectivity index (χ1n) is 13.3. The van der Waals surface area contributed by atoms with Crippen molar-refractivity contribution in [2.75, 3.05) is 0 Å². The third-order valence-corrected chi connectivity index (χ3v) is 13.3. The van der Waals surface area contributed by atoms with Gasteiger partial charge in [-0.2, -0.15) is 12.1 Å². The van der Waals surface area contributed by atoms with E-state index in [-0.39, 0.29) is 66.5 Å². The molecule has 0 spiro atoms. The van der Waals surface area contributed by atoms with E-state index in [4.69, 9.17) is 0 Å². The maximum absolute atomic E-state index is 2.40. The van der Waals surface area contributed by atoms with Crippen molar-refractivity contribution in [1.29, 1.82) is 0 Å². The van der Waals surface area contributed by atoms with Gasteiger partial charge in [-0.15, -0.1) is 80.7 Å². The molecule has 5 heteroatoms. The molecule has 0 aliphatic carbocycles. The van der Waals surface area contributed by atoms with E-state index in [1.807, 2.05) is 0 Å². The van der Waals surface area contributed by atoms with Crippen molar-refractivity contribution in [2.24, 2.45) is 0 Å². The van der Waals surface area contributed by atoms with Crippen LogP contribution in [0.2, 0.25) is 0 Å². The standard InChI is InChI=1S/2C17H24P.2ClH.Hf/c2*1-16(2,3)18(17(4,5)6)15-11-13-9-7-8-10-14(13)12-15;;;/h2*7-12H,1-6H3;2*1H;/q2*-1;;;+4/p-2. The molecule has 0 saturated carbocycles. The molecule has 0 N–H and O–H groups in total. The van der Waals surface area contributed by atoms with Crippen molar-refractivity contribution >= 4 is 48.0 Å². The van der Waals surface area contributed by atoms with Gasteiger partial charge in [-0.3, -0.25) is 0 Å². The number of benzene rings is 2. The van der Waals surface area contributed by atoms with Crippen molar-refractivity contribution in [1.82, 2.24) is 0 Å². The minimum atomic E-state index is -0.185. The first-order chi connectivity index (χ1) is 16.4. The molecule has 0 saturated heterocycles. The van der Waals surface area contributed by atoms with Gasteiger partial charge in [0.05, 0.1) is 0 Å². The number of hydrogen-bond donors (Lipinski definition) is 0. The van der Waals surface area contributed by atoms with Crippen LogP contribution in [-0.4, -0.2) is 20.6 Å². The van der Waals surface area contributed by atoms with E-state index >= 15 is 0 Å². The molecule has 0 amide bonds. The van der Waals surface area contributed by atoms with Gasteiger partial charge in [0.15, 0.2) is 0 Å². The Balaban J connectivity index is 0.000000688. The van der Waals surface area contributed by atoms with Gasteiger partial charge in [0, 0.05) is 0 Å². The predicted octanol–water partition coefficient (Wildman–Crippen LogP) is 4.53. The fraction of sp³-hybridized carbons (Fsp3) is 0.471. The van der Waals surface area contributed by atoms with Crippen molar-refractivity contribution in [3.05, 3.63) is 72.8 Å². The second-order valence-electron chi connectivity index (χ2n) is 14.0. The second kappa shape index (κ2) is 14.4. The molecule has 0 unspecified atom stereocenters. The first-order valence-corrected chi connectivity index (χ1v) is 16.0. The van der Waals surface area contributed by atoms with E-state index in [1.165, 1.54) is 21.5 Å². The van der Waals surface area contributed by atoms with E-state index in [2.05, 4.69) is 156 Å². The van der Waals surface area contributed by atoms with Crippen molar-refractivity contribution in [2.45, 2.75) is 104 Å². The van der Waals surface area contributed by atoms with Crippen molar-refractivity contribution in [3.8, 4) is 0 Å². The Labute approximate surface area is 273 Å². The van der Waals surface area contributed by atoms with Crippen LogP contribution in [0.1, 0.15) is 83.1 Å². The molecule has 0 bridgehead atoms. The van der Waals surface area contributed by atoms with Crippen LogP contribution in [0.5, 0.6) is 0 Å². The SMILES string of the molecule is CC(C)(C)P(c1cc2ccccc2[cH-]1)C(C)(C)C.CC(C)(C)P(c1cc2ccccc2[cH-]1)C(C)(C)C.[Cl-].[Cl-].[Hf+4]. The normalized spacial score (nSPS) is 12.5. The molecule has 4 rings (SSSR count). The zero-order valence-corrected chi connectivity index (χ0v) is 33.0. The number of rotatable bonds is 2. The second-order valence-corrected chi connectivity index (χ2v) is 21.8. The summed E-state index contributed by atoms with van der Waals surface area (Å²) in [6.45, 7) is 28.5.